The standard InChI is InChI=1S/C29H26N6S/c1-17(2)10-18(3)32-20-11-19(14-30-15-20)25-13-23-27(16-31-25)34-35-29(23)26-12-22-21(28-8-5-9-36-28)6-4-7-24(22)33-26/h4-9,11-17,32-33H,3,10H2,1-2H3,(H,34,35). The van der Waals surface area contributed by atoms with Crippen molar-refractivity contribution < 1.29 is 0 Å². The molecule has 0 saturated heterocycles. The maximum atomic E-state index is 4.67. The predicted molar refractivity (Wildman–Crippen MR) is 150 cm³/mol. The van der Waals surface area contributed by atoms with E-state index in [0.29, 0.717) is 5.92 Å². The summed E-state index contributed by atoms with van der Waals surface area (Å²) in [5, 5.41) is 15.5. The molecule has 1 aromatic carbocycles. The van der Waals surface area contributed by atoms with E-state index in [1.54, 1.807) is 11.3 Å². The highest BCUT2D eigenvalue weighted by atomic mass is 32.1. The van der Waals surface area contributed by atoms with Crippen molar-refractivity contribution in [2.24, 2.45) is 5.92 Å². The van der Waals surface area contributed by atoms with Crippen LogP contribution in [0.25, 0.3) is 54.9 Å². The number of hydrogen-bond donors (Lipinski definition) is 3. The van der Waals surface area contributed by atoms with Gasteiger partial charge in [-0.3, -0.25) is 15.1 Å². The van der Waals surface area contributed by atoms with E-state index < -0.39 is 0 Å². The number of allylic oxidation sites excluding steroid dienone is 1. The van der Waals surface area contributed by atoms with Gasteiger partial charge in [0.25, 0.3) is 0 Å². The molecule has 6 rings (SSSR count). The lowest BCUT2D eigenvalue weighted by Gasteiger charge is -2.12. The second-order valence-electron chi connectivity index (χ2n) is 9.40. The Morgan fingerprint density at radius 1 is 1.03 bits per heavy atom. The molecule has 0 bridgehead atoms. The molecule has 6 aromatic rings. The highest BCUT2D eigenvalue weighted by Gasteiger charge is 2.15. The van der Waals surface area contributed by atoms with Crippen LogP contribution in [0.5, 0.6) is 0 Å². The Balaban J connectivity index is 1.38. The summed E-state index contributed by atoms with van der Waals surface area (Å²) < 4.78 is 0. The van der Waals surface area contributed by atoms with Crippen LogP contribution in [0.3, 0.4) is 0 Å². The minimum Gasteiger partial charge on any atom is -0.358 e. The average molecular weight is 491 g/mol. The van der Waals surface area contributed by atoms with Gasteiger partial charge in [-0.1, -0.05) is 38.6 Å². The molecule has 0 aliphatic heterocycles. The van der Waals surface area contributed by atoms with Crippen LogP contribution in [0.1, 0.15) is 20.3 Å². The molecule has 0 spiro atoms. The summed E-state index contributed by atoms with van der Waals surface area (Å²) >= 11 is 1.75. The monoisotopic (exact) mass is 490 g/mol. The van der Waals surface area contributed by atoms with E-state index in [0.717, 1.165) is 56.9 Å². The number of H-pyrrole nitrogens is 2. The van der Waals surface area contributed by atoms with Crippen molar-refractivity contribution in [3.8, 4) is 33.1 Å². The third-order valence-electron chi connectivity index (χ3n) is 6.16. The van der Waals surface area contributed by atoms with Gasteiger partial charge in [0.2, 0.25) is 0 Å². The van der Waals surface area contributed by atoms with Crippen LogP contribution in [0, 0.1) is 5.92 Å². The van der Waals surface area contributed by atoms with Crippen LogP contribution >= 0.6 is 11.3 Å². The van der Waals surface area contributed by atoms with Crippen molar-refractivity contribution >= 4 is 38.8 Å². The molecular weight excluding hydrogens is 464 g/mol. The number of hydrogen-bond acceptors (Lipinski definition) is 5. The number of nitrogens with zero attached hydrogens (tertiary/aromatic N) is 3. The molecule has 0 saturated carbocycles. The Morgan fingerprint density at radius 2 is 1.94 bits per heavy atom. The number of benzene rings is 1. The molecule has 0 atom stereocenters. The zero-order chi connectivity index (χ0) is 24.6. The van der Waals surface area contributed by atoms with Gasteiger partial charge in [-0.15, -0.1) is 11.3 Å². The highest BCUT2D eigenvalue weighted by Crippen LogP contribution is 2.36. The van der Waals surface area contributed by atoms with E-state index in [2.05, 4.69) is 105 Å². The van der Waals surface area contributed by atoms with Crippen LogP contribution in [0.2, 0.25) is 0 Å². The molecule has 178 valence electrons. The van der Waals surface area contributed by atoms with E-state index >= 15 is 0 Å². The molecular formula is C29H26N6S. The topological polar surface area (TPSA) is 82.3 Å². The maximum Gasteiger partial charge on any atom is 0.116 e. The highest BCUT2D eigenvalue weighted by molar-refractivity contribution is 7.13. The first-order valence-corrected chi connectivity index (χ1v) is 12.8. The Hall–Kier alpha value is -4.23. The second-order valence-corrected chi connectivity index (χ2v) is 10.4. The van der Waals surface area contributed by atoms with Gasteiger partial charge >= 0.3 is 0 Å². The molecule has 3 N–H and O–H groups in total. The number of rotatable bonds is 7. The van der Waals surface area contributed by atoms with Crippen LogP contribution < -0.4 is 5.32 Å². The molecule has 6 nitrogen and oxygen atoms in total. The molecule has 0 radical (unpaired) electrons. The fourth-order valence-electron chi connectivity index (χ4n) is 4.61. The maximum absolute atomic E-state index is 4.67. The first-order chi connectivity index (χ1) is 17.5. The van der Waals surface area contributed by atoms with Gasteiger partial charge in [-0.05, 0) is 48.1 Å². The smallest absolute Gasteiger partial charge is 0.116 e. The number of fused-ring (bicyclic) bond motifs is 2. The third kappa shape index (κ3) is 4.18. The molecule has 0 fully saturated rings. The van der Waals surface area contributed by atoms with Crippen LogP contribution in [-0.2, 0) is 0 Å². The van der Waals surface area contributed by atoms with E-state index in [1.165, 1.54) is 15.8 Å². The number of nitrogens with one attached hydrogen (secondary N) is 3. The van der Waals surface area contributed by atoms with Gasteiger partial charge in [-0.2, -0.15) is 5.10 Å². The molecule has 5 aromatic heterocycles. The van der Waals surface area contributed by atoms with E-state index in [9.17, 15) is 0 Å². The Kier molecular flexibility index (Phi) is 5.62. The van der Waals surface area contributed by atoms with Crippen LogP contribution in [0.15, 0.2) is 84.8 Å². The van der Waals surface area contributed by atoms with Crippen molar-refractivity contribution in [1.82, 2.24) is 25.1 Å². The first kappa shape index (κ1) is 22.2. The number of aromatic amines is 2. The quantitative estimate of drug-likeness (QED) is 0.213. The summed E-state index contributed by atoms with van der Waals surface area (Å²) in [6.45, 7) is 8.50. The van der Waals surface area contributed by atoms with Crippen molar-refractivity contribution in [1.29, 1.82) is 0 Å². The van der Waals surface area contributed by atoms with Crippen molar-refractivity contribution in [2.75, 3.05) is 5.32 Å². The van der Waals surface area contributed by atoms with Gasteiger partial charge in [-0.25, -0.2) is 0 Å². The molecule has 0 aliphatic carbocycles. The first-order valence-electron chi connectivity index (χ1n) is 12.0. The van der Waals surface area contributed by atoms with Gasteiger partial charge in [0, 0.05) is 44.2 Å². The molecule has 7 heteroatoms. The molecule has 36 heavy (non-hydrogen) atoms. The molecule has 0 unspecified atom stereocenters. The molecule has 5 heterocycles. The lowest BCUT2D eigenvalue weighted by molar-refractivity contribution is 0.645. The number of aromatic nitrogens is 5. The largest absolute Gasteiger partial charge is 0.358 e. The van der Waals surface area contributed by atoms with Gasteiger partial charge < -0.3 is 10.3 Å². The molecule has 0 amide bonds. The summed E-state index contributed by atoms with van der Waals surface area (Å²) in [7, 11) is 0. The van der Waals surface area contributed by atoms with Gasteiger partial charge in [0.15, 0.2) is 0 Å². The van der Waals surface area contributed by atoms with Crippen molar-refractivity contribution in [3.05, 3.63) is 84.8 Å². The van der Waals surface area contributed by atoms with Crippen molar-refractivity contribution in [3.63, 3.8) is 0 Å². The van der Waals surface area contributed by atoms with Crippen LogP contribution in [-0.4, -0.2) is 25.1 Å². The zero-order valence-electron chi connectivity index (χ0n) is 20.2. The number of pyridine rings is 2. The SMILES string of the molecule is C=C(CC(C)C)Nc1cncc(-c2cc3c(-c4cc5c(-c6cccs6)cccc5[nH]4)n[nH]c3cn2)c1. The Labute approximate surface area is 213 Å². The predicted octanol–water partition coefficient (Wildman–Crippen LogP) is 7.87. The zero-order valence-corrected chi connectivity index (χ0v) is 21.0. The average Bonchev–Trinajstić information content (AvgIpc) is 3.62. The minimum absolute atomic E-state index is 0.538. The summed E-state index contributed by atoms with van der Waals surface area (Å²) in [5.41, 5.74) is 8.69. The Bertz CT molecular complexity index is 1690. The summed E-state index contributed by atoms with van der Waals surface area (Å²) in [5.74, 6) is 0.538. The van der Waals surface area contributed by atoms with Crippen molar-refractivity contribution in [2.45, 2.75) is 20.3 Å². The van der Waals surface area contributed by atoms with E-state index in [1.807, 2.05) is 18.6 Å². The lowest BCUT2D eigenvalue weighted by atomic mass is 10.1. The number of thiophene rings is 1. The number of anilines is 1. The minimum atomic E-state index is 0.538. The van der Waals surface area contributed by atoms with Gasteiger partial charge in [0.1, 0.15) is 5.69 Å². The normalized spacial score (nSPS) is 11.5. The summed E-state index contributed by atoms with van der Waals surface area (Å²) in [4.78, 5) is 13.9. The van der Waals surface area contributed by atoms with Crippen LogP contribution in [0.4, 0.5) is 5.69 Å². The van der Waals surface area contributed by atoms with Gasteiger partial charge in [0.05, 0.1) is 35.0 Å². The van der Waals surface area contributed by atoms with E-state index in [-0.39, 0.29) is 0 Å². The molecule has 0 aliphatic rings. The Morgan fingerprint density at radius 3 is 2.78 bits per heavy atom. The second kappa shape index (κ2) is 9.09. The fourth-order valence-corrected chi connectivity index (χ4v) is 5.37. The third-order valence-corrected chi connectivity index (χ3v) is 7.07. The lowest BCUT2D eigenvalue weighted by Crippen LogP contribution is -2.02. The summed E-state index contributed by atoms with van der Waals surface area (Å²) in [6, 6.07) is 16.9. The fraction of sp³-hybridized carbons (Fsp3) is 0.138. The summed E-state index contributed by atoms with van der Waals surface area (Å²) in [6.07, 6.45) is 6.39. The van der Waals surface area contributed by atoms with E-state index in [4.69, 9.17) is 0 Å².